The molecule has 0 N–H and O–H groups in total. The lowest BCUT2D eigenvalue weighted by molar-refractivity contribution is -0.143. The molecule has 0 spiro atoms. The molecule has 0 atom stereocenters. The number of rotatable bonds is 6. The Labute approximate surface area is 122 Å². The zero-order chi connectivity index (χ0) is 15.4. The van der Waals surface area contributed by atoms with E-state index in [2.05, 4.69) is 0 Å². The highest BCUT2D eigenvalue weighted by atomic mass is 16.5. The van der Waals surface area contributed by atoms with Crippen molar-refractivity contribution in [1.82, 2.24) is 0 Å². The molecule has 21 heavy (non-hydrogen) atoms. The Hall–Kier alpha value is -2.37. The minimum Gasteiger partial charge on any atom is -0.495 e. The Morgan fingerprint density at radius 2 is 2.05 bits per heavy atom. The second-order valence-corrected chi connectivity index (χ2v) is 4.55. The molecule has 0 unspecified atom stereocenters. The van der Waals surface area contributed by atoms with Crippen molar-refractivity contribution in [2.75, 3.05) is 25.2 Å². The van der Waals surface area contributed by atoms with Crippen molar-refractivity contribution in [3.63, 3.8) is 0 Å². The fourth-order valence-corrected chi connectivity index (χ4v) is 2.32. The van der Waals surface area contributed by atoms with E-state index in [0.29, 0.717) is 30.0 Å². The number of benzene rings is 1. The van der Waals surface area contributed by atoms with Gasteiger partial charge in [-0.2, -0.15) is 0 Å². The number of esters is 1. The second-order valence-electron chi connectivity index (χ2n) is 4.55. The molecule has 6 heteroatoms. The number of ketones is 1. The van der Waals surface area contributed by atoms with Crippen LogP contribution in [0.1, 0.15) is 30.1 Å². The molecule has 6 nitrogen and oxygen atoms in total. The minimum atomic E-state index is -0.585. The number of fused-ring (bicyclic) bond motifs is 1. The van der Waals surface area contributed by atoms with Gasteiger partial charge in [0.15, 0.2) is 0 Å². The van der Waals surface area contributed by atoms with Crippen LogP contribution in [0.3, 0.4) is 0 Å². The van der Waals surface area contributed by atoms with Gasteiger partial charge in [0.2, 0.25) is 0 Å². The van der Waals surface area contributed by atoms with Gasteiger partial charge in [0.1, 0.15) is 5.75 Å². The molecule has 1 aliphatic heterocycles. The molecule has 1 heterocycles. The van der Waals surface area contributed by atoms with Crippen LogP contribution in [0.25, 0.3) is 0 Å². The van der Waals surface area contributed by atoms with Gasteiger partial charge in [-0.05, 0) is 25.5 Å². The van der Waals surface area contributed by atoms with Crippen LogP contribution in [-0.4, -0.2) is 37.9 Å². The van der Waals surface area contributed by atoms with Gasteiger partial charge in [0.05, 0.1) is 25.0 Å². The van der Waals surface area contributed by atoms with Crippen LogP contribution >= 0.6 is 0 Å². The first-order chi connectivity index (χ1) is 10.1. The number of amides is 1. The molecule has 1 amide bonds. The van der Waals surface area contributed by atoms with Crippen LogP contribution in [0.15, 0.2) is 18.2 Å². The Bertz CT molecular complexity index is 581. The first-order valence-corrected chi connectivity index (χ1v) is 6.79. The molecule has 0 fully saturated rings. The number of hydrogen-bond acceptors (Lipinski definition) is 5. The van der Waals surface area contributed by atoms with Crippen molar-refractivity contribution in [1.29, 1.82) is 0 Å². The fraction of sp³-hybridized carbons (Fsp3) is 0.400. The molecule has 0 aromatic heterocycles. The summed E-state index contributed by atoms with van der Waals surface area (Å²) in [6.45, 7) is 2.34. The molecule has 2 rings (SSSR count). The zero-order valence-corrected chi connectivity index (χ0v) is 12.0. The van der Waals surface area contributed by atoms with Gasteiger partial charge in [-0.15, -0.1) is 0 Å². The molecule has 112 valence electrons. The molecular weight excluding hydrogens is 274 g/mol. The summed E-state index contributed by atoms with van der Waals surface area (Å²) in [4.78, 5) is 36.7. The molecule has 0 radical (unpaired) electrons. The molecular formula is C15H17NO5. The third-order valence-electron chi connectivity index (χ3n) is 3.24. The van der Waals surface area contributed by atoms with Gasteiger partial charge in [-0.25, -0.2) is 0 Å². The number of Topliss-reactive ketones (excluding diaryl/α,β-unsaturated/α-hetero) is 1. The van der Waals surface area contributed by atoms with Gasteiger partial charge in [0, 0.05) is 13.0 Å². The van der Waals surface area contributed by atoms with Crippen LogP contribution in [0.4, 0.5) is 5.69 Å². The summed E-state index contributed by atoms with van der Waals surface area (Å²) in [5.74, 6) is -0.961. The van der Waals surface area contributed by atoms with E-state index in [1.807, 2.05) is 0 Å². The van der Waals surface area contributed by atoms with Crippen molar-refractivity contribution in [3.05, 3.63) is 23.8 Å². The average molecular weight is 291 g/mol. The van der Waals surface area contributed by atoms with Gasteiger partial charge in [-0.1, -0.05) is 6.07 Å². The van der Waals surface area contributed by atoms with E-state index in [4.69, 9.17) is 9.47 Å². The van der Waals surface area contributed by atoms with Crippen LogP contribution in [0.2, 0.25) is 0 Å². The van der Waals surface area contributed by atoms with E-state index in [0.717, 1.165) is 0 Å². The number of methoxy groups -OCH3 is 1. The number of carbonyl (C=O) groups excluding carboxylic acids is 3. The summed E-state index contributed by atoms with van der Waals surface area (Å²) >= 11 is 0. The lowest BCUT2D eigenvalue weighted by Crippen LogP contribution is -2.31. The van der Waals surface area contributed by atoms with Crippen molar-refractivity contribution >= 4 is 23.3 Å². The van der Waals surface area contributed by atoms with Gasteiger partial charge in [0.25, 0.3) is 11.7 Å². The lowest BCUT2D eigenvalue weighted by atomic mass is 10.1. The standard InChI is InChI=1S/C15H17NO5/c1-3-21-12(17)8-5-9-16-13-10(14(18)15(16)19)6-4-7-11(13)20-2/h4,6-7H,3,5,8-9H2,1-2H3. The highest BCUT2D eigenvalue weighted by Crippen LogP contribution is 2.37. The van der Waals surface area contributed by atoms with Gasteiger partial charge >= 0.3 is 5.97 Å². The summed E-state index contributed by atoms with van der Waals surface area (Å²) in [6.07, 6.45) is 0.631. The lowest BCUT2D eigenvalue weighted by Gasteiger charge is -2.18. The van der Waals surface area contributed by atoms with Crippen molar-refractivity contribution in [2.24, 2.45) is 0 Å². The Morgan fingerprint density at radius 1 is 1.29 bits per heavy atom. The number of hydrogen-bond donors (Lipinski definition) is 0. The van der Waals surface area contributed by atoms with E-state index in [1.165, 1.54) is 12.0 Å². The summed E-state index contributed by atoms with van der Waals surface area (Å²) in [7, 11) is 1.49. The Kier molecular flexibility index (Phi) is 4.57. The quantitative estimate of drug-likeness (QED) is 0.587. The highest BCUT2D eigenvalue weighted by Gasteiger charge is 2.37. The molecule has 0 aliphatic carbocycles. The number of ether oxygens (including phenoxy) is 2. The molecule has 1 aliphatic rings. The molecule has 0 saturated carbocycles. The maximum atomic E-state index is 12.0. The van der Waals surface area contributed by atoms with Crippen LogP contribution < -0.4 is 9.64 Å². The fourth-order valence-electron chi connectivity index (χ4n) is 2.32. The third-order valence-corrected chi connectivity index (χ3v) is 3.24. The van der Waals surface area contributed by atoms with Crippen molar-refractivity contribution in [2.45, 2.75) is 19.8 Å². The van der Waals surface area contributed by atoms with Gasteiger partial charge < -0.3 is 14.4 Å². The predicted octanol–water partition coefficient (Wildman–Crippen LogP) is 1.57. The van der Waals surface area contributed by atoms with Crippen molar-refractivity contribution < 1.29 is 23.9 Å². The van der Waals surface area contributed by atoms with E-state index >= 15 is 0 Å². The number of anilines is 1. The number of carbonyl (C=O) groups is 3. The average Bonchev–Trinajstić information content (AvgIpc) is 2.72. The SMILES string of the molecule is CCOC(=O)CCCN1C(=O)C(=O)c2cccc(OC)c21. The molecule has 1 aromatic carbocycles. The maximum Gasteiger partial charge on any atom is 0.305 e. The summed E-state index contributed by atoms with van der Waals surface area (Å²) in [6, 6.07) is 4.97. The van der Waals surface area contributed by atoms with E-state index < -0.39 is 11.7 Å². The largest absolute Gasteiger partial charge is 0.495 e. The smallest absolute Gasteiger partial charge is 0.305 e. The Morgan fingerprint density at radius 3 is 2.71 bits per heavy atom. The minimum absolute atomic E-state index is 0.205. The summed E-state index contributed by atoms with van der Waals surface area (Å²) in [5.41, 5.74) is 0.828. The van der Waals surface area contributed by atoms with E-state index in [9.17, 15) is 14.4 Å². The van der Waals surface area contributed by atoms with E-state index in [-0.39, 0.29) is 18.9 Å². The number of nitrogens with zero attached hydrogens (tertiary/aromatic N) is 1. The summed E-state index contributed by atoms with van der Waals surface area (Å²) in [5, 5.41) is 0. The first-order valence-electron chi connectivity index (χ1n) is 6.79. The monoisotopic (exact) mass is 291 g/mol. The highest BCUT2D eigenvalue weighted by molar-refractivity contribution is 6.52. The maximum absolute atomic E-state index is 12.0. The second kappa shape index (κ2) is 6.39. The van der Waals surface area contributed by atoms with Crippen molar-refractivity contribution in [3.8, 4) is 5.75 Å². The molecule has 1 aromatic rings. The van der Waals surface area contributed by atoms with Crippen LogP contribution in [-0.2, 0) is 14.3 Å². The Balaban J connectivity index is 2.13. The normalized spacial score (nSPS) is 13.3. The number of para-hydroxylation sites is 1. The van der Waals surface area contributed by atoms with E-state index in [1.54, 1.807) is 25.1 Å². The predicted molar refractivity (Wildman–Crippen MR) is 75.5 cm³/mol. The van der Waals surface area contributed by atoms with Crippen LogP contribution in [0.5, 0.6) is 5.75 Å². The molecule has 0 bridgehead atoms. The van der Waals surface area contributed by atoms with Crippen LogP contribution in [0, 0.1) is 0 Å². The van der Waals surface area contributed by atoms with Gasteiger partial charge in [-0.3, -0.25) is 14.4 Å². The topological polar surface area (TPSA) is 72.9 Å². The zero-order valence-electron chi connectivity index (χ0n) is 12.0. The molecule has 0 saturated heterocycles. The third kappa shape index (κ3) is 2.89. The summed E-state index contributed by atoms with van der Waals surface area (Å²) < 4.78 is 10.0. The first kappa shape index (κ1) is 15.0.